The number of ether oxygens (including phenoxy) is 1. The number of allylic oxidation sites excluding steroid dienone is 1. The lowest BCUT2D eigenvalue weighted by atomic mass is 10.1. The van der Waals surface area contributed by atoms with E-state index < -0.39 is 11.9 Å². The molecule has 0 bridgehead atoms. The summed E-state index contributed by atoms with van der Waals surface area (Å²) in [7, 11) is 0. The molecule has 0 N–H and O–H groups in total. The molecule has 118 valence electrons. The van der Waals surface area contributed by atoms with Crippen LogP contribution in [0.15, 0.2) is 23.8 Å². The van der Waals surface area contributed by atoms with Gasteiger partial charge in [-0.05, 0) is 12.8 Å². The van der Waals surface area contributed by atoms with E-state index >= 15 is 0 Å². The standard InChI is InChI=1S/C18H28O3/c1-2-3-4-5-6-7-8-9-10-11-12-13-14-16-15-17(19)21-18(16)20/h13-15H,2-12H2,1H3/b14-13+. The van der Waals surface area contributed by atoms with Gasteiger partial charge in [0.15, 0.2) is 0 Å². The summed E-state index contributed by atoms with van der Waals surface area (Å²) in [6.45, 7) is 2.25. The second-order valence-corrected chi connectivity index (χ2v) is 5.68. The van der Waals surface area contributed by atoms with E-state index in [0.717, 1.165) is 12.8 Å². The van der Waals surface area contributed by atoms with Crippen LogP contribution in [0.5, 0.6) is 0 Å². The summed E-state index contributed by atoms with van der Waals surface area (Å²) in [6, 6.07) is 0. The van der Waals surface area contributed by atoms with Crippen LogP contribution in [-0.2, 0) is 14.3 Å². The zero-order chi connectivity index (χ0) is 15.3. The van der Waals surface area contributed by atoms with E-state index in [-0.39, 0.29) is 0 Å². The van der Waals surface area contributed by atoms with Gasteiger partial charge in [0.1, 0.15) is 0 Å². The van der Waals surface area contributed by atoms with Crippen LogP contribution in [0.2, 0.25) is 0 Å². The first-order valence-electron chi connectivity index (χ1n) is 8.38. The first kappa shape index (κ1) is 17.7. The van der Waals surface area contributed by atoms with Crippen molar-refractivity contribution in [3.63, 3.8) is 0 Å². The van der Waals surface area contributed by atoms with E-state index in [0.29, 0.717) is 5.57 Å². The topological polar surface area (TPSA) is 43.4 Å². The number of hydrogen-bond donors (Lipinski definition) is 0. The van der Waals surface area contributed by atoms with Crippen molar-refractivity contribution in [2.75, 3.05) is 0 Å². The molecule has 3 nitrogen and oxygen atoms in total. The highest BCUT2D eigenvalue weighted by atomic mass is 16.6. The van der Waals surface area contributed by atoms with Crippen LogP contribution < -0.4 is 0 Å². The monoisotopic (exact) mass is 292 g/mol. The highest BCUT2D eigenvalue weighted by molar-refractivity contribution is 6.10. The second kappa shape index (κ2) is 11.3. The molecule has 0 aromatic rings. The van der Waals surface area contributed by atoms with Gasteiger partial charge in [-0.3, -0.25) is 0 Å². The van der Waals surface area contributed by atoms with Gasteiger partial charge in [-0.25, -0.2) is 9.59 Å². The molecule has 1 heterocycles. The number of rotatable bonds is 12. The van der Waals surface area contributed by atoms with Crippen LogP contribution >= 0.6 is 0 Å². The van der Waals surface area contributed by atoms with E-state index in [1.54, 1.807) is 6.08 Å². The molecule has 1 aliphatic heterocycles. The molecule has 3 heteroatoms. The van der Waals surface area contributed by atoms with Crippen molar-refractivity contribution in [2.45, 2.75) is 77.6 Å². The Morgan fingerprint density at radius 2 is 1.48 bits per heavy atom. The van der Waals surface area contributed by atoms with Crippen molar-refractivity contribution in [3.8, 4) is 0 Å². The number of cyclic esters (lactones) is 2. The third-order valence-electron chi connectivity index (χ3n) is 3.72. The first-order chi connectivity index (χ1) is 10.2. The van der Waals surface area contributed by atoms with Gasteiger partial charge in [-0.2, -0.15) is 0 Å². The molecule has 0 spiro atoms. The molecule has 0 unspecified atom stereocenters. The fourth-order valence-electron chi connectivity index (χ4n) is 2.44. The van der Waals surface area contributed by atoms with Crippen LogP contribution in [0.4, 0.5) is 0 Å². The Morgan fingerprint density at radius 3 is 2.00 bits per heavy atom. The average molecular weight is 292 g/mol. The molecule has 0 fully saturated rings. The maximum absolute atomic E-state index is 11.2. The van der Waals surface area contributed by atoms with Crippen LogP contribution in [0.1, 0.15) is 77.6 Å². The van der Waals surface area contributed by atoms with Crippen molar-refractivity contribution in [1.82, 2.24) is 0 Å². The van der Waals surface area contributed by atoms with Gasteiger partial charge in [0.25, 0.3) is 0 Å². The van der Waals surface area contributed by atoms with E-state index in [4.69, 9.17) is 0 Å². The Labute approximate surface area is 128 Å². The third kappa shape index (κ3) is 8.49. The van der Waals surface area contributed by atoms with Gasteiger partial charge in [0.2, 0.25) is 0 Å². The summed E-state index contributed by atoms with van der Waals surface area (Å²) in [5.74, 6) is -1.09. The van der Waals surface area contributed by atoms with Gasteiger partial charge >= 0.3 is 11.9 Å². The van der Waals surface area contributed by atoms with Crippen molar-refractivity contribution >= 4 is 11.9 Å². The Morgan fingerprint density at radius 1 is 0.905 bits per heavy atom. The fourth-order valence-corrected chi connectivity index (χ4v) is 2.44. The third-order valence-corrected chi connectivity index (χ3v) is 3.72. The molecule has 1 rings (SSSR count). The summed E-state index contributed by atoms with van der Waals surface area (Å²) in [6.07, 6.45) is 19.1. The number of carbonyl (C=O) groups is 2. The Kier molecular flexibility index (Phi) is 9.51. The minimum absolute atomic E-state index is 0.368. The lowest BCUT2D eigenvalue weighted by molar-refractivity contribution is -0.150. The lowest BCUT2D eigenvalue weighted by Crippen LogP contribution is -2.00. The zero-order valence-electron chi connectivity index (χ0n) is 13.2. The molecule has 0 aromatic carbocycles. The largest absolute Gasteiger partial charge is 0.386 e. The van der Waals surface area contributed by atoms with Crippen molar-refractivity contribution < 1.29 is 14.3 Å². The van der Waals surface area contributed by atoms with Gasteiger partial charge in [0.05, 0.1) is 5.57 Å². The average Bonchev–Trinajstić information content (AvgIpc) is 2.78. The van der Waals surface area contributed by atoms with Crippen LogP contribution in [-0.4, -0.2) is 11.9 Å². The zero-order valence-corrected chi connectivity index (χ0v) is 13.2. The number of unbranched alkanes of at least 4 members (excludes halogenated alkanes) is 10. The number of hydrogen-bond acceptors (Lipinski definition) is 3. The highest BCUT2D eigenvalue weighted by Gasteiger charge is 2.20. The maximum atomic E-state index is 11.2. The highest BCUT2D eigenvalue weighted by Crippen LogP contribution is 2.13. The predicted octanol–water partition coefficient (Wildman–Crippen LogP) is 4.86. The molecule has 0 saturated carbocycles. The SMILES string of the molecule is CCCCCCCCCCCC/C=C/C1=CC(=O)OC1=O. The van der Waals surface area contributed by atoms with E-state index in [1.165, 1.54) is 63.9 Å². The van der Waals surface area contributed by atoms with Crippen molar-refractivity contribution in [2.24, 2.45) is 0 Å². The molecular weight excluding hydrogens is 264 g/mol. The Bertz CT molecular complexity index is 380. The summed E-state index contributed by atoms with van der Waals surface area (Å²) in [5, 5.41) is 0. The van der Waals surface area contributed by atoms with Gasteiger partial charge < -0.3 is 4.74 Å². The predicted molar refractivity (Wildman–Crippen MR) is 84.8 cm³/mol. The molecule has 21 heavy (non-hydrogen) atoms. The lowest BCUT2D eigenvalue weighted by Gasteiger charge is -2.01. The molecule has 0 radical (unpaired) electrons. The summed E-state index contributed by atoms with van der Waals surface area (Å²) in [4.78, 5) is 22.0. The molecular formula is C18H28O3. The number of esters is 2. The normalized spacial score (nSPS) is 14.8. The molecule has 0 saturated heterocycles. The minimum Gasteiger partial charge on any atom is -0.386 e. The summed E-state index contributed by atoms with van der Waals surface area (Å²) < 4.78 is 4.41. The Hall–Kier alpha value is -1.38. The van der Waals surface area contributed by atoms with Crippen molar-refractivity contribution in [3.05, 3.63) is 23.8 Å². The van der Waals surface area contributed by atoms with E-state index in [1.807, 2.05) is 6.08 Å². The van der Waals surface area contributed by atoms with E-state index in [2.05, 4.69) is 11.7 Å². The summed E-state index contributed by atoms with van der Waals surface area (Å²) >= 11 is 0. The van der Waals surface area contributed by atoms with E-state index in [9.17, 15) is 9.59 Å². The molecule has 1 aliphatic rings. The van der Waals surface area contributed by atoms with Gasteiger partial charge in [-0.15, -0.1) is 0 Å². The molecule has 0 aromatic heterocycles. The molecule has 0 atom stereocenters. The minimum atomic E-state index is -0.557. The molecule has 0 aliphatic carbocycles. The molecule has 0 amide bonds. The quantitative estimate of drug-likeness (QED) is 0.293. The summed E-state index contributed by atoms with van der Waals surface area (Å²) in [5.41, 5.74) is 0.368. The fraction of sp³-hybridized carbons (Fsp3) is 0.667. The first-order valence-corrected chi connectivity index (χ1v) is 8.38. The Balaban J connectivity index is 1.90. The van der Waals surface area contributed by atoms with Gasteiger partial charge in [-0.1, -0.05) is 76.9 Å². The number of carbonyl (C=O) groups excluding carboxylic acids is 2. The van der Waals surface area contributed by atoms with Gasteiger partial charge in [0, 0.05) is 6.08 Å². The van der Waals surface area contributed by atoms with Crippen LogP contribution in [0, 0.1) is 0 Å². The smallest absolute Gasteiger partial charge is 0.346 e. The van der Waals surface area contributed by atoms with Crippen LogP contribution in [0.3, 0.4) is 0 Å². The van der Waals surface area contributed by atoms with Crippen LogP contribution in [0.25, 0.3) is 0 Å². The maximum Gasteiger partial charge on any atom is 0.346 e. The second-order valence-electron chi connectivity index (χ2n) is 5.68. The van der Waals surface area contributed by atoms with Crippen molar-refractivity contribution in [1.29, 1.82) is 0 Å².